The Hall–Kier alpha value is -2.73. The minimum absolute atomic E-state index is 0.542. The van der Waals surface area contributed by atoms with Gasteiger partial charge in [0.15, 0.2) is 5.76 Å². The molecule has 0 bridgehead atoms. The lowest BCUT2D eigenvalue weighted by atomic mass is 10.3. The standard InChI is InChI=1S/C16H14N4OS/c1-2-7-18-16-20(19-11-13-5-3-8-17-10-13)14(12-22-16)15-6-4-9-21-15/h2-6,8-12H,1,7H2. The van der Waals surface area contributed by atoms with Crippen LogP contribution >= 0.6 is 11.3 Å². The summed E-state index contributed by atoms with van der Waals surface area (Å²) >= 11 is 1.51. The summed E-state index contributed by atoms with van der Waals surface area (Å²) in [5.41, 5.74) is 1.78. The van der Waals surface area contributed by atoms with E-state index in [1.54, 1.807) is 35.6 Å². The zero-order valence-electron chi connectivity index (χ0n) is 11.8. The fraction of sp³-hybridized carbons (Fsp3) is 0.0625. The number of hydrogen-bond donors (Lipinski definition) is 0. The Morgan fingerprint density at radius 2 is 2.32 bits per heavy atom. The van der Waals surface area contributed by atoms with Crippen LogP contribution in [-0.2, 0) is 0 Å². The lowest BCUT2D eigenvalue weighted by Crippen LogP contribution is -2.12. The average Bonchev–Trinajstić information content (AvgIpc) is 3.21. The minimum Gasteiger partial charge on any atom is -0.463 e. The topological polar surface area (TPSA) is 55.7 Å². The third kappa shape index (κ3) is 3.12. The Bertz CT molecular complexity index is 829. The van der Waals surface area contributed by atoms with Crippen molar-refractivity contribution in [2.45, 2.75) is 0 Å². The van der Waals surface area contributed by atoms with Gasteiger partial charge in [0.2, 0.25) is 4.80 Å². The van der Waals surface area contributed by atoms with Crippen LogP contribution in [0.2, 0.25) is 0 Å². The van der Waals surface area contributed by atoms with Crippen molar-refractivity contribution in [2.75, 3.05) is 6.54 Å². The van der Waals surface area contributed by atoms with Crippen LogP contribution in [0.4, 0.5) is 0 Å². The van der Waals surface area contributed by atoms with Crippen molar-refractivity contribution in [1.29, 1.82) is 0 Å². The predicted molar refractivity (Wildman–Crippen MR) is 87.9 cm³/mol. The van der Waals surface area contributed by atoms with Crippen LogP contribution in [-0.4, -0.2) is 22.4 Å². The number of thiazole rings is 1. The number of hydrogen-bond acceptors (Lipinski definition) is 5. The van der Waals surface area contributed by atoms with Crippen LogP contribution in [0.5, 0.6) is 0 Å². The Labute approximate surface area is 131 Å². The molecule has 0 saturated heterocycles. The summed E-state index contributed by atoms with van der Waals surface area (Å²) in [7, 11) is 0. The largest absolute Gasteiger partial charge is 0.463 e. The van der Waals surface area contributed by atoms with Crippen LogP contribution in [0.15, 0.2) is 75.5 Å². The van der Waals surface area contributed by atoms with Gasteiger partial charge in [0.1, 0.15) is 5.69 Å². The predicted octanol–water partition coefficient (Wildman–Crippen LogP) is 3.17. The maximum Gasteiger partial charge on any atom is 0.206 e. The molecule has 0 fully saturated rings. The zero-order valence-corrected chi connectivity index (χ0v) is 12.6. The van der Waals surface area contributed by atoms with Gasteiger partial charge in [-0.1, -0.05) is 12.1 Å². The summed E-state index contributed by atoms with van der Waals surface area (Å²) < 4.78 is 7.23. The summed E-state index contributed by atoms with van der Waals surface area (Å²) in [5.74, 6) is 0.750. The van der Waals surface area contributed by atoms with Crippen LogP contribution in [0.3, 0.4) is 0 Å². The highest BCUT2D eigenvalue weighted by Crippen LogP contribution is 2.20. The normalized spacial score (nSPS) is 12.1. The van der Waals surface area contributed by atoms with Crippen molar-refractivity contribution in [3.05, 3.63) is 71.3 Å². The van der Waals surface area contributed by atoms with E-state index in [0.29, 0.717) is 6.54 Å². The highest BCUT2D eigenvalue weighted by molar-refractivity contribution is 7.07. The second kappa shape index (κ2) is 6.82. The van der Waals surface area contributed by atoms with Crippen LogP contribution in [0.1, 0.15) is 5.56 Å². The molecular formula is C16H14N4OS. The molecule has 3 rings (SSSR count). The van der Waals surface area contributed by atoms with Gasteiger partial charge in [-0.05, 0) is 18.2 Å². The van der Waals surface area contributed by atoms with E-state index in [0.717, 1.165) is 21.8 Å². The molecular weight excluding hydrogens is 296 g/mol. The van der Waals surface area contributed by atoms with Gasteiger partial charge in [0.05, 0.1) is 19.0 Å². The summed E-state index contributed by atoms with van der Waals surface area (Å²) in [4.78, 5) is 9.32. The van der Waals surface area contributed by atoms with E-state index in [4.69, 9.17) is 4.42 Å². The van der Waals surface area contributed by atoms with Crippen molar-refractivity contribution >= 4 is 17.6 Å². The third-order valence-corrected chi connectivity index (χ3v) is 3.68. The summed E-state index contributed by atoms with van der Waals surface area (Å²) in [6.07, 6.45) is 8.63. The van der Waals surface area contributed by atoms with E-state index in [1.807, 2.05) is 29.6 Å². The molecule has 0 saturated carbocycles. The first-order valence-corrected chi connectivity index (χ1v) is 7.56. The molecule has 3 aromatic heterocycles. The van der Waals surface area contributed by atoms with Gasteiger partial charge in [0, 0.05) is 23.3 Å². The smallest absolute Gasteiger partial charge is 0.206 e. The lowest BCUT2D eigenvalue weighted by Gasteiger charge is -2.00. The molecule has 0 aliphatic heterocycles. The summed E-state index contributed by atoms with van der Waals surface area (Å²) in [6.45, 7) is 4.23. The van der Waals surface area contributed by atoms with E-state index in [-0.39, 0.29) is 0 Å². The molecule has 0 aliphatic carbocycles. The second-order valence-electron chi connectivity index (χ2n) is 4.35. The van der Waals surface area contributed by atoms with Crippen molar-refractivity contribution in [3.63, 3.8) is 0 Å². The number of furan rings is 1. The highest BCUT2D eigenvalue weighted by Gasteiger charge is 2.09. The van der Waals surface area contributed by atoms with E-state index in [9.17, 15) is 0 Å². The van der Waals surface area contributed by atoms with E-state index in [2.05, 4.69) is 21.7 Å². The molecule has 0 aromatic carbocycles. The average molecular weight is 310 g/mol. The first kappa shape index (κ1) is 14.2. The molecule has 5 nitrogen and oxygen atoms in total. The van der Waals surface area contributed by atoms with Crippen molar-refractivity contribution in [3.8, 4) is 11.5 Å². The van der Waals surface area contributed by atoms with Crippen LogP contribution in [0, 0.1) is 0 Å². The van der Waals surface area contributed by atoms with Gasteiger partial charge in [-0.2, -0.15) is 5.10 Å². The molecule has 6 heteroatoms. The van der Waals surface area contributed by atoms with Crippen LogP contribution in [0.25, 0.3) is 11.5 Å². The molecule has 0 spiro atoms. The maximum atomic E-state index is 5.47. The molecule has 0 atom stereocenters. The summed E-state index contributed by atoms with van der Waals surface area (Å²) in [6, 6.07) is 7.56. The summed E-state index contributed by atoms with van der Waals surface area (Å²) in [5, 5.41) is 6.49. The first-order chi connectivity index (χ1) is 10.9. The zero-order chi connectivity index (χ0) is 15.2. The van der Waals surface area contributed by atoms with Gasteiger partial charge in [0.25, 0.3) is 0 Å². The monoisotopic (exact) mass is 310 g/mol. The van der Waals surface area contributed by atoms with E-state index >= 15 is 0 Å². The fourth-order valence-corrected chi connectivity index (χ4v) is 2.66. The molecule has 3 heterocycles. The van der Waals surface area contributed by atoms with E-state index in [1.165, 1.54) is 11.3 Å². The molecule has 0 N–H and O–H groups in total. The molecule has 22 heavy (non-hydrogen) atoms. The molecule has 0 unspecified atom stereocenters. The van der Waals surface area contributed by atoms with Gasteiger partial charge >= 0.3 is 0 Å². The Morgan fingerprint density at radius 1 is 1.36 bits per heavy atom. The van der Waals surface area contributed by atoms with Gasteiger partial charge in [-0.15, -0.1) is 17.9 Å². The Balaban J connectivity index is 2.05. The number of aromatic nitrogens is 2. The fourth-order valence-electron chi connectivity index (χ4n) is 1.83. The number of pyridine rings is 1. The van der Waals surface area contributed by atoms with Gasteiger partial charge in [-0.25, -0.2) is 4.68 Å². The van der Waals surface area contributed by atoms with Gasteiger partial charge in [-0.3, -0.25) is 9.98 Å². The van der Waals surface area contributed by atoms with Gasteiger partial charge < -0.3 is 4.42 Å². The quantitative estimate of drug-likeness (QED) is 0.537. The SMILES string of the molecule is C=CCN=c1scc(-c2ccco2)n1N=Cc1cccnc1. The Morgan fingerprint density at radius 3 is 3.05 bits per heavy atom. The molecule has 0 amide bonds. The highest BCUT2D eigenvalue weighted by atomic mass is 32.1. The van der Waals surface area contributed by atoms with E-state index < -0.39 is 0 Å². The first-order valence-electron chi connectivity index (χ1n) is 6.68. The third-order valence-electron chi connectivity index (χ3n) is 2.82. The van der Waals surface area contributed by atoms with Crippen LogP contribution < -0.4 is 4.80 Å². The number of rotatable bonds is 5. The van der Waals surface area contributed by atoms with Crippen molar-refractivity contribution < 1.29 is 4.42 Å². The lowest BCUT2D eigenvalue weighted by molar-refractivity contribution is 0.575. The number of nitrogens with zero attached hydrogens (tertiary/aromatic N) is 4. The second-order valence-corrected chi connectivity index (χ2v) is 5.19. The van der Waals surface area contributed by atoms with Crippen molar-refractivity contribution in [2.24, 2.45) is 10.1 Å². The molecule has 110 valence electrons. The minimum atomic E-state index is 0.542. The molecule has 0 aliphatic rings. The molecule has 3 aromatic rings. The maximum absolute atomic E-state index is 5.47. The Kier molecular flexibility index (Phi) is 4.41. The van der Waals surface area contributed by atoms with Crippen molar-refractivity contribution in [1.82, 2.24) is 9.66 Å². The molecule has 0 radical (unpaired) electrons.